The second kappa shape index (κ2) is 10.9. The van der Waals surface area contributed by atoms with Gasteiger partial charge in [0.2, 0.25) is 5.91 Å². The SMILES string of the molecule is Cc1ccc(C(=O)N2[C@H](C(=O)NCc3cccnc3)COC23CCN(C(=O)c2cccc(Cl)c2)CC3)cc1. The number of likely N-dealkylation sites (tertiary alicyclic amines) is 1. The van der Waals surface area contributed by atoms with Gasteiger partial charge in [0.1, 0.15) is 11.8 Å². The summed E-state index contributed by atoms with van der Waals surface area (Å²) in [5, 5.41) is 3.43. The van der Waals surface area contributed by atoms with E-state index in [9.17, 15) is 14.4 Å². The molecule has 2 fully saturated rings. The van der Waals surface area contributed by atoms with Crippen molar-refractivity contribution in [1.82, 2.24) is 20.1 Å². The van der Waals surface area contributed by atoms with Gasteiger partial charge in [0.05, 0.1) is 6.61 Å². The first kappa shape index (κ1) is 25.9. The Morgan fingerprint density at radius 1 is 1.03 bits per heavy atom. The van der Waals surface area contributed by atoms with Gasteiger partial charge in [-0.1, -0.05) is 41.4 Å². The van der Waals surface area contributed by atoms with Crippen LogP contribution in [0.1, 0.15) is 44.7 Å². The van der Waals surface area contributed by atoms with Crippen LogP contribution in [0.15, 0.2) is 73.1 Å². The Bertz CT molecular complexity index is 1320. The smallest absolute Gasteiger partial charge is 0.256 e. The van der Waals surface area contributed by atoms with Crippen molar-refractivity contribution in [2.24, 2.45) is 0 Å². The molecule has 0 radical (unpaired) electrons. The van der Waals surface area contributed by atoms with Crippen LogP contribution in [-0.2, 0) is 16.1 Å². The third-order valence-corrected chi connectivity index (χ3v) is 7.41. The molecule has 1 atom stereocenters. The lowest BCUT2D eigenvalue weighted by atomic mass is 9.96. The summed E-state index contributed by atoms with van der Waals surface area (Å²) in [6.45, 7) is 3.10. The minimum Gasteiger partial charge on any atom is -0.353 e. The van der Waals surface area contributed by atoms with Gasteiger partial charge in [0.15, 0.2) is 0 Å². The van der Waals surface area contributed by atoms with Gasteiger partial charge < -0.3 is 15.0 Å². The lowest BCUT2D eigenvalue weighted by molar-refractivity contribution is -0.128. The summed E-state index contributed by atoms with van der Waals surface area (Å²) in [4.78, 5) is 47.7. The summed E-state index contributed by atoms with van der Waals surface area (Å²) in [6.07, 6.45) is 4.15. The molecule has 5 rings (SSSR count). The third kappa shape index (κ3) is 5.28. The van der Waals surface area contributed by atoms with Gasteiger partial charge in [0.25, 0.3) is 11.8 Å². The van der Waals surface area contributed by atoms with E-state index in [2.05, 4.69) is 10.3 Å². The molecule has 2 aliphatic heterocycles. The molecule has 9 heteroatoms. The lowest BCUT2D eigenvalue weighted by Crippen LogP contribution is -2.59. The Morgan fingerprint density at radius 2 is 1.79 bits per heavy atom. The second-order valence-electron chi connectivity index (χ2n) is 9.70. The number of pyridine rings is 1. The normalized spacial score (nSPS) is 18.4. The van der Waals surface area contributed by atoms with Crippen LogP contribution in [-0.4, -0.2) is 64.0 Å². The van der Waals surface area contributed by atoms with Crippen LogP contribution >= 0.6 is 11.6 Å². The number of nitrogens with one attached hydrogen (secondary N) is 1. The number of carbonyl (C=O) groups is 3. The van der Waals surface area contributed by atoms with E-state index in [1.807, 2.05) is 25.1 Å². The number of aromatic nitrogens is 1. The molecule has 8 nitrogen and oxygen atoms in total. The minimum absolute atomic E-state index is 0.0821. The first-order chi connectivity index (χ1) is 18.4. The van der Waals surface area contributed by atoms with Crippen molar-refractivity contribution in [2.45, 2.75) is 38.1 Å². The Kier molecular flexibility index (Phi) is 7.44. The van der Waals surface area contributed by atoms with E-state index in [1.165, 1.54) is 0 Å². The van der Waals surface area contributed by atoms with E-state index in [-0.39, 0.29) is 24.3 Å². The van der Waals surface area contributed by atoms with E-state index >= 15 is 0 Å². The van der Waals surface area contributed by atoms with E-state index in [1.54, 1.807) is 64.7 Å². The molecule has 3 amide bonds. The van der Waals surface area contributed by atoms with Crippen molar-refractivity contribution in [2.75, 3.05) is 19.7 Å². The molecule has 1 aromatic heterocycles. The number of piperidine rings is 1. The molecule has 0 unspecified atom stereocenters. The van der Waals surface area contributed by atoms with Crippen LogP contribution in [0.5, 0.6) is 0 Å². The average molecular weight is 533 g/mol. The number of halogens is 1. The van der Waals surface area contributed by atoms with E-state index in [4.69, 9.17) is 16.3 Å². The summed E-state index contributed by atoms with van der Waals surface area (Å²) in [5.74, 6) is -0.676. The Labute approximate surface area is 226 Å². The van der Waals surface area contributed by atoms with Crippen LogP contribution < -0.4 is 5.32 Å². The van der Waals surface area contributed by atoms with Crippen LogP contribution in [0.25, 0.3) is 0 Å². The standard InChI is InChI=1S/C29H29ClN4O4/c1-20-7-9-22(10-8-20)28(37)34-25(26(35)32-18-21-4-3-13-31-17-21)19-38-29(34)11-14-33(15-12-29)27(36)23-5-2-6-24(30)16-23/h2-10,13,16-17,25H,11-12,14-15,18-19H2,1H3,(H,32,35)/t25-/m0/s1. The monoisotopic (exact) mass is 532 g/mol. The van der Waals surface area contributed by atoms with Gasteiger partial charge in [-0.3, -0.25) is 24.3 Å². The number of hydrogen-bond acceptors (Lipinski definition) is 5. The fourth-order valence-corrected chi connectivity index (χ4v) is 5.27. The zero-order valence-corrected chi connectivity index (χ0v) is 21.9. The summed E-state index contributed by atoms with van der Waals surface area (Å²) in [5.41, 5.74) is 1.92. The summed E-state index contributed by atoms with van der Waals surface area (Å²) >= 11 is 6.08. The van der Waals surface area contributed by atoms with Gasteiger partial charge in [-0.05, 0) is 48.9 Å². The second-order valence-corrected chi connectivity index (χ2v) is 10.1. The van der Waals surface area contributed by atoms with Crippen LogP contribution in [0.3, 0.4) is 0 Å². The maximum Gasteiger partial charge on any atom is 0.256 e. The Balaban J connectivity index is 1.36. The van der Waals surface area contributed by atoms with Crippen molar-refractivity contribution >= 4 is 29.3 Å². The number of ether oxygens (including phenoxy) is 1. The first-order valence-electron chi connectivity index (χ1n) is 12.6. The molecule has 0 bridgehead atoms. The Hall–Kier alpha value is -3.75. The van der Waals surface area contributed by atoms with Crippen LogP contribution in [0.4, 0.5) is 0 Å². The zero-order valence-electron chi connectivity index (χ0n) is 21.1. The number of amides is 3. The van der Waals surface area contributed by atoms with Gasteiger partial charge in [-0.25, -0.2) is 0 Å². The van der Waals surface area contributed by atoms with Crippen molar-refractivity contribution in [3.63, 3.8) is 0 Å². The van der Waals surface area contributed by atoms with Gasteiger partial charge in [-0.2, -0.15) is 0 Å². The zero-order chi connectivity index (χ0) is 26.7. The number of nitrogens with zero attached hydrogens (tertiary/aromatic N) is 3. The average Bonchev–Trinajstić information content (AvgIpc) is 3.30. The van der Waals surface area contributed by atoms with Gasteiger partial charge >= 0.3 is 0 Å². The van der Waals surface area contributed by atoms with Crippen molar-refractivity contribution in [3.05, 3.63) is 100 Å². The quantitative estimate of drug-likeness (QED) is 0.539. The molecule has 3 aromatic rings. The number of hydrogen-bond donors (Lipinski definition) is 1. The molecule has 0 aliphatic carbocycles. The molecule has 0 saturated carbocycles. The predicted octanol–water partition coefficient (Wildman–Crippen LogP) is 3.83. The topological polar surface area (TPSA) is 91.8 Å². The third-order valence-electron chi connectivity index (χ3n) is 7.17. The molecule has 2 aliphatic rings. The number of benzene rings is 2. The molecule has 2 aromatic carbocycles. The van der Waals surface area contributed by atoms with E-state index < -0.39 is 11.8 Å². The molecule has 1 spiro atoms. The summed E-state index contributed by atoms with van der Waals surface area (Å²) < 4.78 is 6.27. The molecule has 196 valence electrons. The molecule has 38 heavy (non-hydrogen) atoms. The van der Waals surface area contributed by atoms with Crippen LogP contribution in [0.2, 0.25) is 5.02 Å². The molecular formula is C29H29ClN4O4. The lowest BCUT2D eigenvalue weighted by Gasteiger charge is -2.44. The van der Waals surface area contributed by atoms with E-state index in [0.717, 1.165) is 11.1 Å². The van der Waals surface area contributed by atoms with Gasteiger partial charge in [0, 0.05) is 61.0 Å². The molecule has 3 heterocycles. The molecular weight excluding hydrogens is 504 g/mol. The van der Waals surface area contributed by atoms with Gasteiger partial charge in [-0.15, -0.1) is 0 Å². The molecule has 2 saturated heterocycles. The largest absolute Gasteiger partial charge is 0.353 e. The fourth-order valence-electron chi connectivity index (χ4n) is 5.08. The first-order valence-corrected chi connectivity index (χ1v) is 13.0. The fraction of sp³-hybridized carbons (Fsp3) is 0.310. The minimum atomic E-state index is -0.983. The maximum absolute atomic E-state index is 13.9. The summed E-state index contributed by atoms with van der Waals surface area (Å²) in [7, 11) is 0. The Morgan fingerprint density at radius 3 is 2.47 bits per heavy atom. The van der Waals surface area contributed by atoms with Crippen molar-refractivity contribution in [3.8, 4) is 0 Å². The van der Waals surface area contributed by atoms with E-state index in [0.29, 0.717) is 48.6 Å². The maximum atomic E-state index is 13.9. The summed E-state index contributed by atoms with van der Waals surface area (Å²) in [6, 6.07) is 17.0. The number of aryl methyl sites for hydroxylation is 1. The highest BCUT2D eigenvalue weighted by Gasteiger charge is 2.54. The molecule has 1 N–H and O–H groups in total. The number of rotatable bonds is 5. The highest BCUT2D eigenvalue weighted by Crippen LogP contribution is 2.39. The van der Waals surface area contributed by atoms with Crippen molar-refractivity contribution in [1.29, 1.82) is 0 Å². The van der Waals surface area contributed by atoms with Crippen molar-refractivity contribution < 1.29 is 19.1 Å². The predicted molar refractivity (Wildman–Crippen MR) is 142 cm³/mol. The number of carbonyl (C=O) groups excluding carboxylic acids is 3. The van der Waals surface area contributed by atoms with Crippen LogP contribution in [0, 0.1) is 6.92 Å². The highest BCUT2D eigenvalue weighted by molar-refractivity contribution is 6.30. The highest BCUT2D eigenvalue weighted by atomic mass is 35.5.